The zero-order valence-corrected chi connectivity index (χ0v) is 20.4. The van der Waals surface area contributed by atoms with Crippen molar-refractivity contribution in [1.82, 2.24) is 4.57 Å². The highest BCUT2D eigenvalue weighted by Crippen LogP contribution is 2.40. The number of nitrogens with two attached hydrogens (primary N) is 1. The molecule has 0 fully saturated rings. The largest absolute Gasteiger partial charge is 0.383 e. The molecule has 7 rings (SSSR count). The summed E-state index contributed by atoms with van der Waals surface area (Å²) in [7, 11) is 0. The number of benzene rings is 5. The van der Waals surface area contributed by atoms with Crippen LogP contribution < -0.4 is 5.73 Å². The molecule has 0 radical (unpaired) electrons. The number of para-hydroxylation sites is 1. The molecule has 2 N–H and O–H groups in total. The second kappa shape index (κ2) is 8.36. The fraction of sp³-hybridized carbons (Fsp3) is 0.0312. The lowest BCUT2D eigenvalue weighted by Crippen LogP contribution is -2.13. The molecule has 0 saturated carbocycles. The number of rotatable bonds is 4. The van der Waals surface area contributed by atoms with Crippen LogP contribution in [0.25, 0.3) is 47.7 Å². The van der Waals surface area contributed by atoms with Crippen molar-refractivity contribution in [3.8, 4) is 5.69 Å². The molecule has 0 aliphatic carbocycles. The minimum atomic E-state index is 0.533. The Kier molecular flexibility index (Phi) is 4.86. The van der Waals surface area contributed by atoms with E-state index in [0.29, 0.717) is 12.4 Å². The zero-order chi connectivity index (χ0) is 24.1. The summed E-state index contributed by atoms with van der Waals surface area (Å²) in [5.41, 5.74) is 11.9. The standard InChI is InChI=1S/C32H23N3S/c33-32(22-10-2-1-3-11-22)34-20-21-9-8-12-23(17-21)35-28-15-6-4-13-24(28)26-19-31-27(18-29(26)35)25-14-5-7-16-30(25)36-31/h1-19H,20H2,(H2,33,34). The fourth-order valence-corrected chi connectivity index (χ4v) is 6.26. The van der Waals surface area contributed by atoms with Crippen molar-refractivity contribution in [2.24, 2.45) is 10.7 Å². The summed E-state index contributed by atoms with van der Waals surface area (Å²) < 4.78 is 5.03. The van der Waals surface area contributed by atoms with Gasteiger partial charge in [-0.05, 0) is 42.0 Å². The van der Waals surface area contributed by atoms with Gasteiger partial charge in [0.2, 0.25) is 0 Å². The van der Waals surface area contributed by atoms with Gasteiger partial charge in [0.15, 0.2) is 0 Å². The van der Waals surface area contributed by atoms with Crippen LogP contribution in [0.3, 0.4) is 0 Å². The van der Waals surface area contributed by atoms with Gasteiger partial charge in [-0.1, -0.05) is 78.9 Å². The van der Waals surface area contributed by atoms with Crippen molar-refractivity contribution < 1.29 is 0 Å². The van der Waals surface area contributed by atoms with Crippen molar-refractivity contribution in [2.45, 2.75) is 6.54 Å². The molecule has 5 aromatic carbocycles. The summed E-state index contributed by atoms with van der Waals surface area (Å²) in [6.07, 6.45) is 0. The molecule has 0 spiro atoms. The summed E-state index contributed by atoms with van der Waals surface area (Å²) >= 11 is 1.86. The Bertz CT molecular complexity index is 1930. The maximum atomic E-state index is 6.26. The van der Waals surface area contributed by atoms with E-state index in [4.69, 9.17) is 5.73 Å². The number of hydrogen-bond donors (Lipinski definition) is 1. The van der Waals surface area contributed by atoms with Gasteiger partial charge in [0.05, 0.1) is 17.6 Å². The lowest BCUT2D eigenvalue weighted by atomic mass is 10.1. The summed E-state index contributed by atoms with van der Waals surface area (Å²) in [5, 5.41) is 5.17. The molecule has 172 valence electrons. The first-order chi connectivity index (χ1) is 17.8. The van der Waals surface area contributed by atoms with Crippen LogP contribution in [-0.2, 0) is 6.54 Å². The molecular weight excluding hydrogens is 458 g/mol. The molecule has 7 aromatic rings. The molecule has 0 bridgehead atoms. The Morgan fingerprint density at radius 2 is 1.42 bits per heavy atom. The average Bonchev–Trinajstić information content (AvgIpc) is 3.46. The molecule has 36 heavy (non-hydrogen) atoms. The fourth-order valence-electron chi connectivity index (χ4n) is 5.14. The smallest absolute Gasteiger partial charge is 0.125 e. The van der Waals surface area contributed by atoms with Crippen LogP contribution in [0, 0.1) is 0 Å². The van der Waals surface area contributed by atoms with E-state index in [9.17, 15) is 0 Å². The van der Waals surface area contributed by atoms with Crippen molar-refractivity contribution >= 4 is 59.2 Å². The van der Waals surface area contributed by atoms with Crippen LogP contribution >= 0.6 is 11.3 Å². The molecule has 0 saturated heterocycles. The van der Waals surface area contributed by atoms with Gasteiger partial charge in [0.25, 0.3) is 0 Å². The number of hydrogen-bond acceptors (Lipinski definition) is 2. The molecule has 0 amide bonds. The van der Waals surface area contributed by atoms with Gasteiger partial charge in [-0.25, -0.2) is 0 Å². The minimum absolute atomic E-state index is 0.533. The Morgan fingerprint density at radius 3 is 2.31 bits per heavy atom. The number of aromatic nitrogens is 1. The third-order valence-corrected chi connectivity index (χ3v) is 7.97. The Labute approximate surface area is 212 Å². The van der Waals surface area contributed by atoms with Crippen LogP contribution in [0.15, 0.2) is 120 Å². The van der Waals surface area contributed by atoms with Crippen LogP contribution in [0.4, 0.5) is 0 Å². The monoisotopic (exact) mass is 481 g/mol. The van der Waals surface area contributed by atoms with Crippen molar-refractivity contribution in [3.63, 3.8) is 0 Å². The number of thiophene rings is 1. The Balaban J connectivity index is 1.40. The second-order valence-electron chi connectivity index (χ2n) is 9.05. The molecular formula is C32H23N3S. The van der Waals surface area contributed by atoms with Crippen LogP contribution in [0.1, 0.15) is 11.1 Å². The highest BCUT2D eigenvalue weighted by Gasteiger charge is 2.15. The quantitative estimate of drug-likeness (QED) is 0.200. The SMILES string of the molecule is NC(=NCc1cccc(-n2c3ccccc3c3cc4sc5ccccc5c4cc32)c1)c1ccccc1. The van der Waals surface area contributed by atoms with E-state index in [1.165, 1.54) is 42.0 Å². The van der Waals surface area contributed by atoms with Gasteiger partial charge in [-0.3, -0.25) is 4.99 Å². The summed E-state index contributed by atoms with van der Waals surface area (Å²) in [5.74, 6) is 0.560. The van der Waals surface area contributed by atoms with Crippen LogP contribution in [-0.4, -0.2) is 10.4 Å². The first-order valence-corrected chi connectivity index (χ1v) is 12.9. The molecule has 0 unspecified atom stereocenters. The van der Waals surface area contributed by atoms with Crippen molar-refractivity contribution in [1.29, 1.82) is 0 Å². The highest BCUT2D eigenvalue weighted by molar-refractivity contribution is 7.25. The first-order valence-electron chi connectivity index (χ1n) is 12.1. The predicted octanol–water partition coefficient (Wildman–Crippen LogP) is 8.06. The van der Waals surface area contributed by atoms with Gasteiger partial charge in [-0.15, -0.1) is 11.3 Å². The number of nitrogens with zero attached hydrogens (tertiary/aromatic N) is 2. The van der Waals surface area contributed by atoms with E-state index in [2.05, 4.69) is 94.5 Å². The highest BCUT2D eigenvalue weighted by atomic mass is 32.1. The van der Waals surface area contributed by atoms with E-state index in [-0.39, 0.29) is 0 Å². The summed E-state index contributed by atoms with van der Waals surface area (Å²) in [6.45, 7) is 0.533. The third kappa shape index (κ3) is 3.38. The van der Waals surface area contributed by atoms with Crippen molar-refractivity contribution in [3.05, 3.63) is 126 Å². The molecule has 0 aliphatic rings. The van der Waals surface area contributed by atoms with Gasteiger partial charge in [0, 0.05) is 42.2 Å². The first kappa shape index (κ1) is 20.9. The summed E-state index contributed by atoms with van der Waals surface area (Å²) in [4.78, 5) is 4.67. The third-order valence-electron chi connectivity index (χ3n) is 6.84. The topological polar surface area (TPSA) is 43.3 Å². The normalized spacial score (nSPS) is 12.3. The number of amidine groups is 1. The predicted molar refractivity (Wildman–Crippen MR) is 155 cm³/mol. The summed E-state index contributed by atoms with van der Waals surface area (Å²) in [6, 6.07) is 40.6. The molecule has 0 aliphatic heterocycles. The maximum absolute atomic E-state index is 6.26. The molecule has 4 heteroatoms. The second-order valence-corrected chi connectivity index (χ2v) is 10.1. The molecule has 3 nitrogen and oxygen atoms in total. The van der Waals surface area contributed by atoms with Crippen LogP contribution in [0.5, 0.6) is 0 Å². The van der Waals surface area contributed by atoms with E-state index in [1.54, 1.807) is 0 Å². The van der Waals surface area contributed by atoms with Crippen LogP contribution in [0.2, 0.25) is 0 Å². The Morgan fingerprint density at radius 1 is 0.639 bits per heavy atom. The van der Waals surface area contributed by atoms with Crippen molar-refractivity contribution in [2.75, 3.05) is 0 Å². The van der Waals surface area contributed by atoms with E-state index in [1.807, 2.05) is 41.7 Å². The molecule has 0 atom stereocenters. The number of fused-ring (bicyclic) bond motifs is 6. The van der Waals surface area contributed by atoms with E-state index >= 15 is 0 Å². The maximum Gasteiger partial charge on any atom is 0.125 e. The lowest BCUT2D eigenvalue weighted by Gasteiger charge is -2.10. The minimum Gasteiger partial charge on any atom is -0.383 e. The molecule has 2 aromatic heterocycles. The van der Waals surface area contributed by atoms with Gasteiger partial charge in [-0.2, -0.15) is 0 Å². The Hall–Kier alpha value is -4.41. The van der Waals surface area contributed by atoms with E-state index in [0.717, 1.165) is 16.8 Å². The average molecular weight is 482 g/mol. The lowest BCUT2D eigenvalue weighted by molar-refractivity contribution is 1.05. The number of aliphatic imine (C=N–C) groups is 1. The van der Waals surface area contributed by atoms with E-state index < -0.39 is 0 Å². The van der Waals surface area contributed by atoms with Gasteiger partial charge < -0.3 is 10.3 Å². The molecule has 2 heterocycles. The zero-order valence-electron chi connectivity index (χ0n) is 19.6. The van der Waals surface area contributed by atoms with Gasteiger partial charge >= 0.3 is 0 Å². The van der Waals surface area contributed by atoms with Gasteiger partial charge in [0.1, 0.15) is 5.84 Å².